The van der Waals surface area contributed by atoms with E-state index in [0.717, 1.165) is 6.07 Å². The molecule has 1 atom stereocenters. The molecule has 0 amide bonds. The van der Waals surface area contributed by atoms with E-state index in [2.05, 4.69) is 5.32 Å². The molecule has 0 saturated carbocycles. The second-order valence-electron chi connectivity index (χ2n) is 5.29. The molecule has 2 rings (SSSR count). The average molecular weight is 374 g/mol. The lowest BCUT2D eigenvalue weighted by molar-refractivity contribution is -0.165. The van der Waals surface area contributed by atoms with Gasteiger partial charge in [0.1, 0.15) is 11.8 Å². The molecule has 0 bridgehead atoms. The molecule has 9 heteroatoms. The monoisotopic (exact) mass is 374 g/mol. The third kappa shape index (κ3) is 3.69. The molecule has 0 aromatic heterocycles. The van der Waals surface area contributed by atoms with Crippen molar-refractivity contribution in [2.24, 2.45) is 0 Å². The highest BCUT2D eigenvalue weighted by atomic mass is 19.4. The first-order valence-electron chi connectivity index (χ1n) is 7.11. The largest absolute Gasteiger partial charge is 0.497 e. The average Bonchev–Trinajstić information content (AvgIpc) is 2.58. The number of methoxy groups -OCH3 is 1. The number of hydrogen-bond acceptors (Lipinski definition) is 3. The lowest BCUT2D eigenvalue weighted by Gasteiger charge is -2.31. The Bertz CT molecular complexity index is 790. The van der Waals surface area contributed by atoms with Crippen LogP contribution in [0.2, 0.25) is 0 Å². The van der Waals surface area contributed by atoms with E-state index in [1.165, 1.54) is 31.4 Å². The van der Waals surface area contributed by atoms with E-state index in [4.69, 9.17) is 4.74 Å². The predicted octanol–water partition coefficient (Wildman–Crippen LogP) is 5.11. The van der Waals surface area contributed by atoms with Gasteiger partial charge in [-0.15, -0.1) is 0 Å². The first kappa shape index (κ1) is 19.4. The topological polar surface area (TPSA) is 45.0 Å². The fraction of sp³-hybridized carbons (Fsp3) is 0.235. The molecule has 0 aliphatic rings. The van der Waals surface area contributed by atoms with Crippen molar-refractivity contribution in [3.8, 4) is 11.8 Å². The number of hydrogen-bond donors (Lipinski definition) is 1. The van der Waals surface area contributed by atoms with E-state index >= 15 is 0 Å². The van der Waals surface area contributed by atoms with Crippen LogP contribution in [0.5, 0.6) is 5.75 Å². The van der Waals surface area contributed by atoms with E-state index in [1.807, 2.05) is 0 Å². The summed E-state index contributed by atoms with van der Waals surface area (Å²) in [6.45, 7) is 0. The molecule has 0 aliphatic heterocycles. The molecule has 0 saturated heterocycles. The summed E-state index contributed by atoms with van der Waals surface area (Å²) in [5, 5.41) is 11.4. The molecule has 2 aromatic carbocycles. The highest BCUT2D eigenvalue weighted by molar-refractivity contribution is 5.54. The normalized spacial score (nSPS) is 14.2. The van der Waals surface area contributed by atoms with Gasteiger partial charge < -0.3 is 10.1 Å². The van der Waals surface area contributed by atoms with E-state index < -0.39 is 29.0 Å². The maximum absolute atomic E-state index is 13.7. The summed E-state index contributed by atoms with van der Waals surface area (Å²) in [5.74, 6) is 0.389. The second-order valence-corrected chi connectivity index (χ2v) is 5.29. The quantitative estimate of drug-likeness (QED) is 0.757. The number of alkyl halides is 6. The highest BCUT2D eigenvalue weighted by Crippen LogP contribution is 2.42. The van der Waals surface area contributed by atoms with Crippen LogP contribution in [0.25, 0.3) is 0 Å². The molecule has 0 radical (unpaired) electrons. The SMILES string of the molecule is COc1ccc(N[C@](C#N)(c2ccc(C(F)(F)F)cc2)C(F)(F)F)cc1. The van der Waals surface area contributed by atoms with Crippen molar-refractivity contribution in [1.29, 1.82) is 5.26 Å². The Labute approximate surface area is 144 Å². The fourth-order valence-corrected chi connectivity index (χ4v) is 2.26. The molecule has 1 N–H and O–H groups in total. The van der Waals surface area contributed by atoms with Gasteiger partial charge in [-0.1, -0.05) is 12.1 Å². The first-order chi connectivity index (χ1) is 12.0. The molecule has 0 spiro atoms. The Kier molecular flexibility index (Phi) is 5.07. The van der Waals surface area contributed by atoms with Crippen LogP contribution < -0.4 is 10.1 Å². The summed E-state index contributed by atoms with van der Waals surface area (Å²) >= 11 is 0. The standard InChI is InChI=1S/C17H12F6N2O/c1-26-14-8-6-13(7-9-14)25-15(10-24,17(21,22)23)11-2-4-12(5-3-11)16(18,19)20/h2-9,25H,1H3/t15-/m1/s1. The van der Waals surface area contributed by atoms with Gasteiger partial charge in [0.25, 0.3) is 0 Å². The smallest absolute Gasteiger partial charge is 0.429 e. The van der Waals surface area contributed by atoms with Crippen molar-refractivity contribution in [2.75, 3.05) is 12.4 Å². The molecule has 3 nitrogen and oxygen atoms in total. The van der Waals surface area contributed by atoms with Crippen molar-refractivity contribution in [3.63, 3.8) is 0 Å². The molecule has 138 valence electrons. The van der Waals surface area contributed by atoms with Gasteiger partial charge in [0.05, 0.1) is 12.7 Å². The molecular formula is C17H12F6N2O. The van der Waals surface area contributed by atoms with Crippen molar-refractivity contribution in [1.82, 2.24) is 0 Å². The number of nitriles is 1. The van der Waals surface area contributed by atoms with Gasteiger partial charge in [0, 0.05) is 11.3 Å². The molecule has 0 aliphatic carbocycles. The van der Waals surface area contributed by atoms with E-state index in [0.29, 0.717) is 30.0 Å². The zero-order valence-corrected chi connectivity index (χ0v) is 13.2. The maximum atomic E-state index is 13.7. The summed E-state index contributed by atoms with van der Waals surface area (Å²) in [6, 6.07) is 8.73. The number of benzene rings is 2. The van der Waals surface area contributed by atoms with Crippen LogP contribution in [0.1, 0.15) is 11.1 Å². The second kappa shape index (κ2) is 6.78. The minimum absolute atomic E-state index is 0.0513. The van der Waals surface area contributed by atoms with Gasteiger partial charge in [0.15, 0.2) is 0 Å². The number of ether oxygens (including phenoxy) is 1. The summed E-state index contributed by atoms with van der Waals surface area (Å²) in [6.07, 6.45) is -9.79. The third-order valence-electron chi connectivity index (χ3n) is 3.66. The van der Waals surface area contributed by atoms with E-state index in [1.54, 1.807) is 0 Å². The summed E-state index contributed by atoms with van der Waals surface area (Å²) < 4.78 is 83.9. The number of nitrogens with zero attached hydrogens (tertiary/aromatic N) is 1. The summed E-state index contributed by atoms with van der Waals surface area (Å²) in [5.41, 5.74) is -5.04. The lowest BCUT2D eigenvalue weighted by Crippen LogP contribution is -2.48. The predicted molar refractivity (Wildman–Crippen MR) is 81.4 cm³/mol. The number of nitrogens with one attached hydrogen (secondary N) is 1. The molecule has 0 unspecified atom stereocenters. The molecule has 0 heterocycles. The van der Waals surface area contributed by atoms with Crippen LogP contribution in [0.15, 0.2) is 48.5 Å². The van der Waals surface area contributed by atoms with Gasteiger partial charge in [-0.05, 0) is 36.4 Å². The van der Waals surface area contributed by atoms with Crippen LogP contribution >= 0.6 is 0 Å². The zero-order chi connectivity index (χ0) is 19.6. The van der Waals surface area contributed by atoms with Crippen LogP contribution in [0.3, 0.4) is 0 Å². The third-order valence-corrected chi connectivity index (χ3v) is 3.66. The summed E-state index contributed by atoms with van der Waals surface area (Å²) in [7, 11) is 1.37. The number of halogens is 6. The van der Waals surface area contributed by atoms with Gasteiger partial charge in [-0.25, -0.2) is 0 Å². The Hall–Kier alpha value is -2.89. The number of rotatable bonds is 4. The lowest BCUT2D eigenvalue weighted by atomic mass is 9.89. The fourth-order valence-electron chi connectivity index (χ4n) is 2.26. The van der Waals surface area contributed by atoms with Crippen molar-refractivity contribution in [3.05, 3.63) is 59.7 Å². The summed E-state index contributed by atoms with van der Waals surface area (Å²) in [4.78, 5) is 0. The zero-order valence-electron chi connectivity index (χ0n) is 13.2. The molecule has 0 fully saturated rings. The molecular weight excluding hydrogens is 362 g/mol. The molecule has 2 aromatic rings. The minimum Gasteiger partial charge on any atom is -0.497 e. The first-order valence-corrected chi connectivity index (χ1v) is 7.11. The Morgan fingerprint density at radius 2 is 1.35 bits per heavy atom. The van der Waals surface area contributed by atoms with Crippen molar-refractivity contribution in [2.45, 2.75) is 17.9 Å². The Morgan fingerprint density at radius 1 is 0.846 bits per heavy atom. The van der Waals surface area contributed by atoms with Crippen molar-refractivity contribution >= 4 is 5.69 Å². The van der Waals surface area contributed by atoms with Crippen LogP contribution in [0.4, 0.5) is 32.0 Å². The Morgan fingerprint density at radius 3 is 1.73 bits per heavy atom. The van der Waals surface area contributed by atoms with Gasteiger partial charge >= 0.3 is 12.4 Å². The van der Waals surface area contributed by atoms with E-state index in [9.17, 15) is 31.6 Å². The van der Waals surface area contributed by atoms with Gasteiger partial charge in [-0.3, -0.25) is 0 Å². The molecule has 26 heavy (non-hydrogen) atoms. The van der Waals surface area contributed by atoms with Gasteiger partial charge in [0.2, 0.25) is 5.54 Å². The van der Waals surface area contributed by atoms with Crippen LogP contribution in [-0.4, -0.2) is 13.3 Å². The Balaban J connectivity index is 2.50. The van der Waals surface area contributed by atoms with E-state index in [-0.39, 0.29) is 5.69 Å². The number of anilines is 1. The minimum atomic E-state index is -5.10. The van der Waals surface area contributed by atoms with Gasteiger partial charge in [-0.2, -0.15) is 31.6 Å². The van der Waals surface area contributed by atoms with Crippen molar-refractivity contribution < 1.29 is 31.1 Å². The maximum Gasteiger partial charge on any atom is 0.429 e. The van der Waals surface area contributed by atoms with Crippen LogP contribution in [0, 0.1) is 11.3 Å². The highest BCUT2D eigenvalue weighted by Gasteiger charge is 2.57. The van der Waals surface area contributed by atoms with Crippen LogP contribution in [-0.2, 0) is 11.7 Å².